The van der Waals surface area contributed by atoms with Crippen molar-refractivity contribution in [1.29, 1.82) is 0 Å². The van der Waals surface area contributed by atoms with E-state index >= 15 is 0 Å². The van der Waals surface area contributed by atoms with Gasteiger partial charge in [-0.25, -0.2) is 0 Å². The lowest BCUT2D eigenvalue weighted by Gasteiger charge is -2.19. The summed E-state index contributed by atoms with van der Waals surface area (Å²) >= 11 is 3.15. The first-order chi connectivity index (χ1) is 6.83. The van der Waals surface area contributed by atoms with Crippen LogP contribution in [0.25, 0.3) is 0 Å². The molecule has 0 heterocycles. The third kappa shape index (κ3) is 2.94. The molecule has 0 radical (unpaired) electrons. The Kier molecular flexibility index (Phi) is 3.36. The van der Waals surface area contributed by atoms with Gasteiger partial charge in [0.25, 0.3) is 0 Å². The van der Waals surface area contributed by atoms with Gasteiger partial charge in [0.2, 0.25) is 0 Å². The number of aromatic hydroxyl groups is 1. The van der Waals surface area contributed by atoms with Crippen molar-refractivity contribution in [3.8, 4) is 5.75 Å². The molecule has 5 heteroatoms. The molecule has 0 fully saturated rings. The first-order valence-electron chi connectivity index (χ1n) is 4.32. The smallest absolute Gasteiger partial charge is 0.323 e. The van der Waals surface area contributed by atoms with Gasteiger partial charge in [-0.2, -0.15) is 0 Å². The van der Waals surface area contributed by atoms with Gasteiger partial charge >= 0.3 is 5.97 Å². The van der Waals surface area contributed by atoms with Crippen LogP contribution in [0.4, 0.5) is 0 Å². The van der Waals surface area contributed by atoms with Crippen LogP contribution >= 0.6 is 15.9 Å². The summed E-state index contributed by atoms with van der Waals surface area (Å²) in [5.74, 6) is -0.931. The Balaban J connectivity index is 2.91. The summed E-state index contributed by atoms with van der Waals surface area (Å²) in [7, 11) is 0. The van der Waals surface area contributed by atoms with Crippen LogP contribution in [-0.4, -0.2) is 21.7 Å². The van der Waals surface area contributed by atoms with Gasteiger partial charge in [0.15, 0.2) is 0 Å². The molecular weight excluding hydrogens is 262 g/mol. The SMILES string of the molecule is C[C@@](N)(Cc1ccc(O)c(Br)c1)C(=O)O. The summed E-state index contributed by atoms with van der Waals surface area (Å²) in [6.45, 7) is 1.45. The number of hydrogen-bond acceptors (Lipinski definition) is 3. The minimum absolute atomic E-state index is 0.118. The molecule has 4 N–H and O–H groups in total. The lowest BCUT2D eigenvalue weighted by Crippen LogP contribution is -2.46. The van der Waals surface area contributed by atoms with Crippen molar-refractivity contribution in [2.45, 2.75) is 18.9 Å². The van der Waals surface area contributed by atoms with Gasteiger partial charge < -0.3 is 15.9 Å². The molecule has 0 saturated carbocycles. The molecule has 4 nitrogen and oxygen atoms in total. The van der Waals surface area contributed by atoms with Gasteiger partial charge in [-0.3, -0.25) is 4.79 Å². The number of carboxylic acids is 1. The molecule has 0 amide bonds. The number of aliphatic carboxylic acids is 1. The van der Waals surface area contributed by atoms with E-state index in [4.69, 9.17) is 10.8 Å². The maximum absolute atomic E-state index is 10.8. The molecule has 0 aliphatic carbocycles. The van der Waals surface area contributed by atoms with E-state index in [0.717, 1.165) is 5.56 Å². The van der Waals surface area contributed by atoms with Crippen LogP contribution in [0.5, 0.6) is 5.75 Å². The van der Waals surface area contributed by atoms with Crippen molar-refractivity contribution in [2.75, 3.05) is 0 Å². The van der Waals surface area contributed by atoms with Gasteiger partial charge in [-0.05, 0) is 40.5 Å². The molecule has 0 unspecified atom stereocenters. The number of hydrogen-bond donors (Lipinski definition) is 3. The first-order valence-corrected chi connectivity index (χ1v) is 5.12. The topological polar surface area (TPSA) is 83.5 Å². The van der Waals surface area contributed by atoms with Gasteiger partial charge in [0.05, 0.1) is 4.47 Å². The molecule has 82 valence electrons. The van der Waals surface area contributed by atoms with Crippen LogP contribution in [0.15, 0.2) is 22.7 Å². The van der Waals surface area contributed by atoms with Crippen molar-refractivity contribution in [1.82, 2.24) is 0 Å². The highest BCUT2D eigenvalue weighted by Crippen LogP contribution is 2.25. The van der Waals surface area contributed by atoms with E-state index in [0.29, 0.717) is 4.47 Å². The summed E-state index contributed by atoms with van der Waals surface area (Å²) in [6.07, 6.45) is 0.210. The third-order valence-electron chi connectivity index (χ3n) is 2.07. The summed E-state index contributed by atoms with van der Waals surface area (Å²) in [5.41, 5.74) is 5.06. The molecular formula is C10H12BrNO3. The second-order valence-electron chi connectivity index (χ2n) is 3.69. The second kappa shape index (κ2) is 4.20. The fraction of sp³-hybridized carbons (Fsp3) is 0.300. The van der Waals surface area contributed by atoms with E-state index in [2.05, 4.69) is 15.9 Å². The van der Waals surface area contributed by atoms with Gasteiger partial charge in [-0.1, -0.05) is 6.07 Å². The quantitative estimate of drug-likeness (QED) is 0.779. The average molecular weight is 274 g/mol. The number of benzene rings is 1. The van der Waals surface area contributed by atoms with Gasteiger partial charge in [0, 0.05) is 6.42 Å². The largest absolute Gasteiger partial charge is 0.507 e. The van der Waals surface area contributed by atoms with Crippen LogP contribution in [0.3, 0.4) is 0 Å². The summed E-state index contributed by atoms with van der Waals surface area (Å²) in [6, 6.07) is 4.80. The van der Waals surface area contributed by atoms with Crippen molar-refractivity contribution in [3.63, 3.8) is 0 Å². The lowest BCUT2D eigenvalue weighted by atomic mass is 9.94. The molecule has 1 aromatic carbocycles. The zero-order chi connectivity index (χ0) is 11.6. The van der Waals surface area contributed by atoms with E-state index in [9.17, 15) is 9.90 Å². The number of phenolic OH excluding ortho intramolecular Hbond substituents is 1. The Labute approximate surface area is 95.8 Å². The Morgan fingerprint density at radius 3 is 2.67 bits per heavy atom. The number of nitrogens with two attached hydrogens (primary N) is 1. The van der Waals surface area contributed by atoms with Crippen molar-refractivity contribution < 1.29 is 15.0 Å². The highest BCUT2D eigenvalue weighted by Gasteiger charge is 2.28. The molecule has 0 aliphatic heterocycles. The average Bonchev–Trinajstić information content (AvgIpc) is 2.10. The van der Waals surface area contributed by atoms with Crippen molar-refractivity contribution >= 4 is 21.9 Å². The summed E-state index contributed by atoms with van der Waals surface area (Å²) < 4.78 is 0.529. The molecule has 0 saturated heterocycles. The van der Waals surface area contributed by atoms with Crippen LogP contribution in [0.2, 0.25) is 0 Å². The Morgan fingerprint density at radius 2 is 2.20 bits per heavy atom. The second-order valence-corrected chi connectivity index (χ2v) is 4.54. The Morgan fingerprint density at radius 1 is 1.60 bits per heavy atom. The highest BCUT2D eigenvalue weighted by atomic mass is 79.9. The maximum atomic E-state index is 10.8. The molecule has 1 aromatic rings. The van der Waals surface area contributed by atoms with Gasteiger partial charge in [0.1, 0.15) is 11.3 Å². The third-order valence-corrected chi connectivity index (χ3v) is 2.71. The van der Waals surface area contributed by atoms with Crippen molar-refractivity contribution in [3.05, 3.63) is 28.2 Å². The van der Waals surface area contributed by atoms with Crippen LogP contribution in [0, 0.1) is 0 Å². The number of rotatable bonds is 3. The molecule has 1 atom stereocenters. The number of carbonyl (C=O) groups is 1. The predicted molar refractivity (Wildman–Crippen MR) is 59.7 cm³/mol. The summed E-state index contributed by atoms with van der Waals surface area (Å²) in [4.78, 5) is 10.8. The number of phenols is 1. The Bertz CT molecular complexity index is 390. The fourth-order valence-corrected chi connectivity index (χ4v) is 1.59. The molecule has 0 spiro atoms. The zero-order valence-electron chi connectivity index (χ0n) is 8.20. The summed E-state index contributed by atoms with van der Waals surface area (Å²) in [5, 5.41) is 18.1. The standard InChI is InChI=1S/C10H12BrNO3/c1-10(12,9(14)15)5-6-2-3-8(13)7(11)4-6/h2-4,13H,5,12H2,1H3,(H,14,15)/t10-/m1/s1. The molecule has 15 heavy (non-hydrogen) atoms. The minimum atomic E-state index is -1.30. The van der Waals surface area contributed by atoms with Gasteiger partial charge in [-0.15, -0.1) is 0 Å². The van der Waals surface area contributed by atoms with E-state index in [1.54, 1.807) is 12.1 Å². The van der Waals surface area contributed by atoms with Crippen LogP contribution < -0.4 is 5.73 Å². The normalized spacial score (nSPS) is 14.6. The highest BCUT2D eigenvalue weighted by molar-refractivity contribution is 9.10. The van der Waals surface area contributed by atoms with Crippen LogP contribution in [-0.2, 0) is 11.2 Å². The van der Waals surface area contributed by atoms with E-state index in [-0.39, 0.29) is 12.2 Å². The lowest BCUT2D eigenvalue weighted by molar-refractivity contribution is -0.142. The first kappa shape index (κ1) is 12.0. The van der Waals surface area contributed by atoms with Crippen molar-refractivity contribution in [2.24, 2.45) is 5.73 Å². The molecule has 0 aromatic heterocycles. The predicted octanol–water partition coefficient (Wildman–Crippen LogP) is 1.50. The zero-order valence-corrected chi connectivity index (χ0v) is 9.78. The van der Waals surface area contributed by atoms with E-state index < -0.39 is 11.5 Å². The van der Waals surface area contributed by atoms with E-state index in [1.165, 1.54) is 13.0 Å². The Hall–Kier alpha value is -1.07. The number of halogens is 1. The van der Waals surface area contributed by atoms with Crippen LogP contribution in [0.1, 0.15) is 12.5 Å². The van der Waals surface area contributed by atoms with E-state index in [1.807, 2.05) is 0 Å². The monoisotopic (exact) mass is 273 g/mol. The maximum Gasteiger partial charge on any atom is 0.323 e. The minimum Gasteiger partial charge on any atom is -0.507 e. The molecule has 0 aliphatic rings. The molecule has 1 rings (SSSR count). The molecule has 0 bridgehead atoms. The fourth-order valence-electron chi connectivity index (χ4n) is 1.16. The number of carboxylic acid groups (broad SMARTS) is 1.